The molecule has 2 aromatic carbocycles. The number of anilines is 1. The van der Waals surface area contributed by atoms with Crippen LogP contribution >= 0.6 is 11.8 Å². The van der Waals surface area contributed by atoms with Crippen molar-refractivity contribution in [3.8, 4) is 17.2 Å². The van der Waals surface area contributed by atoms with E-state index in [1.54, 1.807) is 16.7 Å². The third-order valence-electron chi connectivity index (χ3n) is 4.26. The molecule has 0 fully saturated rings. The highest BCUT2D eigenvalue weighted by atomic mass is 32.2. The topological polar surface area (TPSA) is 74.3 Å². The molecule has 0 spiro atoms. The fraction of sp³-hybridized carbons (Fsp3) is 0.300. The molecule has 1 aliphatic heterocycles. The third kappa shape index (κ3) is 4.01. The summed E-state index contributed by atoms with van der Waals surface area (Å²) in [6, 6.07) is 10.7. The number of hydrogen-bond donors (Lipinski definition) is 0. The fourth-order valence-electron chi connectivity index (χ4n) is 2.92. The average Bonchev–Trinajstić information content (AvgIpc) is 2.75. The van der Waals surface area contributed by atoms with Crippen LogP contribution in [0.15, 0.2) is 41.3 Å². The maximum atomic E-state index is 12.6. The number of nitrogens with zero attached hydrogens (tertiary/aromatic N) is 1. The van der Waals surface area contributed by atoms with E-state index in [1.807, 2.05) is 24.3 Å². The molecule has 0 unspecified atom stereocenters. The number of carbonyl (C=O) groups excluding carboxylic acids is 2. The first-order valence-electron chi connectivity index (χ1n) is 8.58. The number of fused-ring (bicyclic) bond motifs is 1. The Hall–Kier alpha value is -2.87. The van der Waals surface area contributed by atoms with E-state index in [9.17, 15) is 9.59 Å². The summed E-state index contributed by atoms with van der Waals surface area (Å²) in [5, 5.41) is 0. The lowest BCUT2D eigenvalue weighted by atomic mass is 10.2. The molecule has 0 aromatic heterocycles. The summed E-state index contributed by atoms with van der Waals surface area (Å²) in [6.07, 6.45) is 0. The van der Waals surface area contributed by atoms with Crippen molar-refractivity contribution in [2.45, 2.75) is 4.90 Å². The summed E-state index contributed by atoms with van der Waals surface area (Å²) in [6.45, 7) is 0.219. The molecule has 7 nitrogen and oxygen atoms in total. The van der Waals surface area contributed by atoms with E-state index in [1.165, 1.54) is 33.5 Å². The van der Waals surface area contributed by atoms with Crippen LogP contribution in [0.4, 0.5) is 5.69 Å². The van der Waals surface area contributed by atoms with E-state index in [0.29, 0.717) is 23.8 Å². The number of ether oxygens (including phenoxy) is 4. The molecule has 0 saturated carbocycles. The number of methoxy groups -OCH3 is 3. The molecule has 148 valence electrons. The van der Waals surface area contributed by atoms with E-state index in [0.717, 1.165) is 16.3 Å². The van der Waals surface area contributed by atoms with Gasteiger partial charge in [0.1, 0.15) is 0 Å². The van der Waals surface area contributed by atoms with Crippen LogP contribution in [0.5, 0.6) is 17.2 Å². The summed E-state index contributed by atoms with van der Waals surface area (Å²) >= 11 is 1.70. The Labute approximate surface area is 167 Å². The summed E-state index contributed by atoms with van der Waals surface area (Å²) in [7, 11) is 4.40. The van der Waals surface area contributed by atoms with Gasteiger partial charge in [0.2, 0.25) is 5.75 Å². The predicted octanol–water partition coefficient (Wildman–Crippen LogP) is 3.01. The standard InChI is InChI=1S/C20H21NO6S/c1-24-15-10-13(11-16(25-2)19(15)26-3)20(23)27-12-18(22)21-8-9-28-17-7-5-4-6-14(17)21/h4-7,10-11H,8-9,12H2,1-3H3. The van der Waals surface area contributed by atoms with Gasteiger partial charge in [0.25, 0.3) is 5.91 Å². The van der Waals surface area contributed by atoms with Gasteiger partial charge in [-0.25, -0.2) is 4.79 Å². The normalized spacial score (nSPS) is 12.8. The smallest absolute Gasteiger partial charge is 0.338 e. The van der Waals surface area contributed by atoms with E-state index >= 15 is 0 Å². The molecule has 1 aliphatic rings. The Kier molecular flexibility index (Phi) is 6.30. The molecular formula is C20H21NO6S. The molecule has 0 radical (unpaired) electrons. The molecule has 28 heavy (non-hydrogen) atoms. The van der Waals surface area contributed by atoms with Crippen molar-refractivity contribution < 1.29 is 28.5 Å². The van der Waals surface area contributed by atoms with E-state index < -0.39 is 5.97 Å². The van der Waals surface area contributed by atoms with Gasteiger partial charge in [-0.15, -0.1) is 11.8 Å². The lowest BCUT2D eigenvalue weighted by Crippen LogP contribution is -2.38. The number of para-hydroxylation sites is 1. The lowest BCUT2D eigenvalue weighted by Gasteiger charge is -2.28. The zero-order valence-corrected chi connectivity index (χ0v) is 16.7. The maximum Gasteiger partial charge on any atom is 0.338 e. The molecule has 0 aliphatic carbocycles. The number of rotatable bonds is 6. The van der Waals surface area contributed by atoms with Crippen LogP contribution in [0.2, 0.25) is 0 Å². The quantitative estimate of drug-likeness (QED) is 0.687. The second kappa shape index (κ2) is 8.88. The summed E-state index contributed by atoms with van der Waals surface area (Å²) in [5.41, 5.74) is 1.05. The zero-order valence-electron chi connectivity index (χ0n) is 15.9. The number of esters is 1. The minimum atomic E-state index is -0.646. The summed E-state index contributed by atoms with van der Waals surface area (Å²) in [5.74, 6) is 0.925. The van der Waals surface area contributed by atoms with Gasteiger partial charge >= 0.3 is 5.97 Å². The van der Waals surface area contributed by atoms with Gasteiger partial charge < -0.3 is 23.8 Å². The van der Waals surface area contributed by atoms with Crippen molar-refractivity contribution in [3.05, 3.63) is 42.0 Å². The number of benzene rings is 2. The molecule has 2 aromatic rings. The summed E-state index contributed by atoms with van der Waals surface area (Å²) < 4.78 is 21.0. The fourth-order valence-corrected chi connectivity index (χ4v) is 3.91. The monoisotopic (exact) mass is 403 g/mol. The molecule has 1 heterocycles. The van der Waals surface area contributed by atoms with Crippen molar-refractivity contribution in [1.29, 1.82) is 0 Å². The highest BCUT2D eigenvalue weighted by Gasteiger charge is 2.24. The summed E-state index contributed by atoms with van der Waals surface area (Å²) in [4.78, 5) is 27.8. The van der Waals surface area contributed by atoms with Gasteiger partial charge in [0.15, 0.2) is 18.1 Å². The molecule has 8 heteroatoms. The zero-order chi connectivity index (χ0) is 20.1. The molecule has 0 N–H and O–H groups in total. The van der Waals surface area contributed by atoms with Crippen LogP contribution in [-0.4, -0.2) is 52.1 Å². The number of thioether (sulfide) groups is 1. The van der Waals surface area contributed by atoms with Crippen LogP contribution < -0.4 is 19.1 Å². The molecule has 1 amide bonds. The van der Waals surface area contributed by atoms with E-state index in [4.69, 9.17) is 18.9 Å². The van der Waals surface area contributed by atoms with Crippen LogP contribution in [0.25, 0.3) is 0 Å². The van der Waals surface area contributed by atoms with Gasteiger partial charge in [0, 0.05) is 17.2 Å². The van der Waals surface area contributed by atoms with Crippen molar-refractivity contribution in [2.75, 3.05) is 45.1 Å². The minimum absolute atomic E-state index is 0.205. The Morgan fingerprint density at radius 1 is 1.04 bits per heavy atom. The molecular weight excluding hydrogens is 382 g/mol. The SMILES string of the molecule is COc1cc(C(=O)OCC(=O)N2CCSc3ccccc32)cc(OC)c1OC. The molecule has 0 atom stereocenters. The van der Waals surface area contributed by atoms with Gasteiger partial charge in [-0.2, -0.15) is 0 Å². The van der Waals surface area contributed by atoms with Crippen LogP contribution in [-0.2, 0) is 9.53 Å². The predicted molar refractivity (Wildman–Crippen MR) is 106 cm³/mol. The van der Waals surface area contributed by atoms with Crippen molar-refractivity contribution in [3.63, 3.8) is 0 Å². The first kappa shape index (κ1) is 19.9. The molecule has 0 saturated heterocycles. The third-order valence-corrected chi connectivity index (χ3v) is 5.30. The molecule has 0 bridgehead atoms. The minimum Gasteiger partial charge on any atom is -0.493 e. The Morgan fingerprint density at radius 3 is 2.36 bits per heavy atom. The van der Waals surface area contributed by atoms with Crippen LogP contribution in [0.1, 0.15) is 10.4 Å². The van der Waals surface area contributed by atoms with Crippen LogP contribution in [0.3, 0.4) is 0 Å². The van der Waals surface area contributed by atoms with Crippen molar-refractivity contribution >= 4 is 29.3 Å². The average molecular weight is 403 g/mol. The number of carbonyl (C=O) groups is 2. The Balaban J connectivity index is 1.72. The van der Waals surface area contributed by atoms with Crippen LogP contribution in [0, 0.1) is 0 Å². The molecule has 3 rings (SSSR count). The first-order valence-corrected chi connectivity index (χ1v) is 9.57. The van der Waals surface area contributed by atoms with Crippen molar-refractivity contribution in [1.82, 2.24) is 0 Å². The van der Waals surface area contributed by atoms with Gasteiger partial charge in [-0.05, 0) is 24.3 Å². The van der Waals surface area contributed by atoms with Gasteiger partial charge in [-0.3, -0.25) is 4.79 Å². The van der Waals surface area contributed by atoms with E-state index in [2.05, 4.69) is 0 Å². The highest BCUT2D eigenvalue weighted by Crippen LogP contribution is 2.38. The highest BCUT2D eigenvalue weighted by molar-refractivity contribution is 7.99. The maximum absolute atomic E-state index is 12.6. The van der Waals surface area contributed by atoms with E-state index in [-0.39, 0.29) is 18.1 Å². The largest absolute Gasteiger partial charge is 0.493 e. The second-order valence-electron chi connectivity index (χ2n) is 5.85. The van der Waals surface area contributed by atoms with Gasteiger partial charge in [-0.1, -0.05) is 12.1 Å². The number of amides is 1. The van der Waals surface area contributed by atoms with Crippen molar-refractivity contribution in [2.24, 2.45) is 0 Å². The van der Waals surface area contributed by atoms with Gasteiger partial charge in [0.05, 0.1) is 32.6 Å². The Morgan fingerprint density at radius 2 is 1.71 bits per heavy atom. The Bertz CT molecular complexity index is 860. The first-order chi connectivity index (χ1) is 13.6. The number of hydrogen-bond acceptors (Lipinski definition) is 7. The second-order valence-corrected chi connectivity index (χ2v) is 6.99. The lowest BCUT2D eigenvalue weighted by molar-refractivity contribution is -0.121.